The van der Waals surface area contributed by atoms with Gasteiger partial charge in [-0.1, -0.05) is 74.5 Å². The Morgan fingerprint density at radius 1 is 0.862 bits per heavy atom. The zero-order valence-corrected chi connectivity index (χ0v) is 16.8. The van der Waals surface area contributed by atoms with E-state index in [0.29, 0.717) is 18.2 Å². The maximum absolute atomic E-state index is 14.4. The third kappa shape index (κ3) is 6.26. The third-order valence-corrected chi connectivity index (χ3v) is 4.38. The first-order valence-corrected chi connectivity index (χ1v) is 9.67. The molecule has 6 heteroatoms. The second-order valence-electron chi connectivity index (χ2n) is 6.41. The van der Waals surface area contributed by atoms with Gasteiger partial charge < -0.3 is 16.8 Å². The second-order valence-corrected chi connectivity index (χ2v) is 6.41. The molecule has 1 aromatic heterocycles. The van der Waals surface area contributed by atoms with Crippen molar-refractivity contribution in [3.63, 3.8) is 0 Å². The molecule has 0 aliphatic rings. The molecule has 0 fully saturated rings. The Morgan fingerprint density at radius 2 is 1.38 bits per heavy atom. The van der Waals surface area contributed by atoms with Gasteiger partial charge in [-0.05, 0) is 23.3 Å². The molecule has 0 saturated carbocycles. The molecular weight excluding hydrogens is 370 g/mol. The number of nitrogens with two attached hydrogens (primary N) is 2. The molecule has 0 aliphatic carbocycles. The average molecular weight is 399 g/mol. The summed E-state index contributed by atoms with van der Waals surface area (Å²) in [6.07, 6.45) is 0. The minimum absolute atomic E-state index is 0.00818. The Labute approximate surface area is 171 Å². The molecule has 2 aromatic carbocycles. The fourth-order valence-electron chi connectivity index (χ4n) is 3.07. The molecule has 4 nitrogen and oxygen atoms in total. The lowest BCUT2D eigenvalue weighted by atomic mass is 9.91. The molecule has 29 heavy (non-hydrogen) atoms. The summed E-state index contributed by atoms with van der Waals surface area (Å²) in [5, 5.41) is 2.91. The van der Waals surface area contributed by atoms with Crippen LogP contribution in [0.25, 0.3) is 0 Å². The number of alkyl halides is 2. The number of halogens is 2. The van der Waals surface area contributed by atoms with Gasteiger partial charge in [-0.25, -0.2) is 4.98 Å². The Morgan fingerprint density at radius 3 is 1.93 bits per heavy atom. The van der Waals surface area contributed by atoms with Crippen LogP contribution < -0.4 is 16.8 Å². The fraction of sp³-hybridized carbons (Fsp3) is 0.261. The van der Waals surface area contributed by atoms with Crippen LogP contribution in [0.2, 0.25) is 0 Å². The minimum atomic E-state index is -2.96. The van der Waals surface area contributed by atoms with Gasteiger partial charge in [0.1, 0.15) is 11.6 Å². The van der Waals surface area contributed by atoms with E-state index in [4.69, 9.17) is 11.5 Å². The van der Waals surface area contributed by atoms with E-state index in [0.717, 1.165) is 11.1 Å². The summed E-state index contributed by atoms with van der Waals surface area (Å²) in [5.41, 5.74) is 13.4. The number of nitrogens with zero attached hydrogens (tertiary/aromatic N) is 1. The van der Waals surface area contributed by atoms with Crippen LogP contribution in [0.1, 0.15) is 36.5 Å². The van der Waals surface area contributed by atoms with Crippen LogP contribution in [0.5, 0.6) is 0 Å². The standard InChI is InChI=1S/C21H22F2N4.C2H6/c22-21(23,17-9-5-2-6-10-17)14-26-13-18(15-7-3-1-4-8-15)16-11-19(24)27-20(25)12-16;1-2/h1-12,18,26H,13-14H2,(H4,24,25,27);1-2H3. The Kier molecular flexibility index (Phi) is 8.09. The van der Waals surface area contributed by atoms with Crippen molar-refractivity contribution in [2.24, 2.45) is 0 Å². The highest BCUT2D eigenvalue weighted by Gasteiger charge is 2.31. The predicted octanol–water partition coefficient (Wildman–Crippen LogP) is 4.79. The van der Waals surface area contributed by atoms with Gasteiger partial charge in [0, 0.05) is 18.0 Å². The van der Waals surface area contributed by atoms with Crippen LogP contribution in [0.3, 0.4) is 0 Å². The van der Waals surface area contributed by atoms with Crippen LogP contribution in [-0.2, 0) is 5.92 Å². The lowest BCUT2D eigenvalue weighted by molar-refractivity contribution is -0.00309. The predicted molar refractivity (Wildman–Crippen MR) is 116 cm³/mol. The SMILES string of the molecule is CC.Nc1cc(C(CNCC(F)(F)c2ccccc2)c2ccccc2)cc(N)n1. The van der Waals surface area contributed by atoms with E-state index in [1.54, 1.807) is 30.3 Å². The molecule has 1 unspecified atom stereocenters. The van der Waals surface area contributed by atoms with Gasteiger partial charge in [0.05, 0.1) is 6.54 Å². The van der Waals surface area contributed by atoms with Crippen molar-refractivity contribution >= 4 is 11.6 Å². The molecule has 0 bridgehead atoms. The third-order valence-electron chi connectivity index (χ3n) is 4.38. The number of anilines is 2. The number of hydrogen-bond acceptors (Lipinski definition) is 4. The van der Waals surface area contributed by atoms with Gasteiger partial charge >= 0.3 is 0 Å². The van der Waals surface area contributed by atoms with E-state index >= 15 is 0 Å². The van der Waals surface area contributed by atoms with Crippen molar-refractivity contribution in [3.05, 3.63) is 89.5 Å². The summed E-state index contributed by atoms with van der Waals surface area (Å²) in [4.78, 5) is 3.98. The largest absolute Gasteiger partial charge is 0.384 e. The van der Waals surface area contributed by atoms with E-state index in [9.17, 15) is 8.78 Å². The molecule has 0 saturated heterocycles. The number of pyridine rings is 1. The van der Waals surface area contributed by atoms with Crippen LogP contribution in [-0.4, -0.2) is 18.1 Å². The maximum atomic E-state index is 14.4. The summed E-state index contributed by atoms with van der Waals surface area (Å²) >= 11 is 0. The molecule has 3 aromatic rings. The Balaban J connectivity index is 0.00000145. The zero-order valence-electron chi connectivity index (χ0n) is 16.8. The molecule has 0 amide bonds. The van der Waals surface area contributed by atoms with Gasteiger partial charge in [-0.15, -0.1) is 0 Å². The Bertz CT molecular complexity index is 850. The highest BCUT2D eigenvalue weighted by atomic mass is 19.3. The highest BCUT2D eigenvalue weighted by molar-refractivity contribution is 5.47. The van der Waals surface area contributed by atoms with Crippen molar-refractivity contribution < 1.29 is 8.78 Å². The normalized spacial score (nSPS) is 12.0. The average Bonchev–Trinajstić information content (AvgIpc) is 2.73. The zero-order chi connectivity index (χ0) is 21.3. The van der Waals surface area contributed by atoms with E-state index < -0.39 is 12.5 Å². The van der Waals surface area contributed by atoms with Gasteiger partial charge in [0.2, 0.25) is 0 Å². The van der Waals surface area contributed by atoms with Crippen molar-refractivity contribution in [1.82, 2.24) is 10.3 Å². The van der Waals surface area contributed by atoms with Crippen molar-refractivity contribution in [1.29, 1.82) is 0 Å². The van der Waals surface area contributed by atoms with E-state index in [-0.39, 0.29) is 11.5 Å². The fourth-order valence-corrected chi connectivity index (χ4v) is 3.07. The van der Waals surface area contributed by atoms with Gasteiger partial charge in [0.15, 0.2) is 0 Å². The van der Waals surface area contributed by atoms with Crippen LogP contribution in [0, 0.1) is 0 Å². The molecule has 0 aliphatic heterocycles. The quantitative estimate of drug-likeness (QED) is 0.535. The minimum Gasteiger partial charge on any atom is -0.384 e. The lowest BCUT2D eigenvalue weighted by Crippen LogP contribution is -2.33. The number of hydrogen-bond donors (Lipinski definition) is 3. The summed E-state index contributed by atoms with van der Waals surface area (Å²) in [6, 6.07) is 20.9. The summed E-state index contributed by atoms with van der Waals surface area (Å²) < 4.78 is 28.9. The number of benzene rings is 2. The van der Waals surface area contributed by atoms with Crippen LogP contribution >= 0.6 is 0 Å². The van der Waals surface area contributed by atoms with Gasteiger partial charge in [-0.3, -0.25) is 0 Å². The molecule has 1 atom stereocenters. The first-order chi connectivity index (χ1) is 14.0. The number of nitrogens with one attached hydrogen (secondary N) is 1. The van der Waals surface area contributed by atoms with Crippen molar-refractivity contribution in [3.8, 4) is 0 Å². The summed E-state index contributed by atoms with van der Waals surface area (Å²) in [5.74, 6) is -2.52. The van der Waals surface area contributed by atoms with E-state index in [2.05, 4.69) is 10.3 Å². The molecular formula is C23H28F2N4. The van der Waals surface area contributed by atoms with E-state index in [1.807, 2.05) is 44.2 Å². The van der Waals surface area contributed by atoms with Crippen molar-refractivity contribution in [2.75, 3.05) is 24.6 Å². The molecule has 0 spiro atoms. The van der Waals surface area contributed by atoms with Crippen LogP contribution in [0.15, 0.2) is 72.8 Å². The highest BCUT2D eigenvalue weighted by Crippen LogP contribution is 2.29. The number of nitrogen functional groups attached to an aromatic ring is 2. The first-order valence-electron chi connectivity index (χ1n) is 9.67. The lowest BCUT2D eigenvalue weighted by Gasteiger charge is -2.22. The molecule has 0 radical (unpaired) electrons. The monoisotopic (exact) mass is 398 g/mol. The molecule has 1 heterocycles. The van der Waals surface area contributed by atoms with Crippen LogP contribution in [0.4, 0.5) is 20.4 Å². The summed E-state index contributed by atoms with van der Waals surface area (Å²) in [6.45, 7) is 3.85. The smallest absolute Gasteiger partial charge is 0.285 e. The number of aromatic nitrogens is 1. The molecule has 154 valence electrons. The Hall–Kier alpha value is -2.99. The topological polar surface area (TPSA) is 77.0 Å². The second kappa shape index (κ2) is 10.5. The molecule has 3 rings (SSSR count). The van der Waals surface area contributed by atoms with Gasteiger partial charge in [-0.2, -0.15) is 8.78 Å². The first kappa shape index (κ1) is 22.3. The number of rotatable bonds is 7. The maximum Gasteiger partial charge on any atom is 0.285 e. The van der Waals surface area contributed by atoms with E-state index in [1.165, 1.54) is 12.1 Å². The van der Waals surface area contributed by atoms with Gasteiger partial charge in [0.25, 0.3) is 5.92 Å². The summed E-state index contributed by atoms with van der Waals surface area (Å²) in [7, 11) is 0. The van der Waals surface area contributed by atoms with Crippen molar-refractivity contribution in [2.45, 2.75) is 25.7 Å². The molecule has 5 N–H and O–H groups in total.